The largest absolute Gasteiger partial charge is 0.399 e. The first kappa shape index (κ1) is 12.1. The minimum absolute atomic E-state index is 0.782. The first-order chi connectivity index (χ1) is 7.18. The van der Waals surface area contributed by atoms with Gasteiger partial charge < -0.3 is 11.1 Å². The number of benzene rings is 1. The lowest BCUT2D eigenvalue weighted by Crippen LogP contribution is -2.19. The Labute approximate surface area is 92.9 Å². The molecule has 2 nitrogen and oxygen atoms in total. The molecule has 0 amide bonds. The summed E-state index contributed by atoms with van der Waals surface area (Å²) >= 11 is 0. The third kappa shape index (κ3) is 5.43. The number of rotatable bonds is 6. The van der Waals surface area contributed by atoms with Gasteiger partial charge in [0.05, 0.1) is 0 Å². The van der Waals surface area contributed by atoms with E-state index in [4.69, 9.17) is 5.73 Å². The molecule has 15 heavy (non-hydrogen) atoms. The summed E-state index contributed by atoms with van der Waals surface area (Å²) < 4.78 is 0. The van der Waals surface area contributed by atoms with Gasteiger partial charge in [-0.3, -0.25) is 0 Å². The van der Waals surface area contributed by atoms with Crippen molar-refractivity contribution < 1.29 is 0 Å². The zero-order valence-corrected chi connectivity index (χ0v) is 9.79. The first-order valence-corrected chi connectivity index (χ1v) is 5.73. The molecule has 0 unspecified atom stereocenters. The summed E-state index contributed by atoms with van der Waals surface area (Å²) in [6.45, 7) is 6.65. The van der Waals surface area contributed by atoms with Crippen LogP contribution in [0, 0.1) is 5.92 Å². The molecule has 0 heterocycles. The SMILES string of the molecule is CC(C)CCNCCc1cccc(N)c1. The maximum atomic E-state index is 5.71. The van der Waals surface area contributed by atoms with Crippen molar-refractivity contribution in [1.29, 1.82) is 0 Å². The zero-order chi connectivity index (χ0) is 11.1. The van der Waals surface area contributed by atoms with Crippen molar-refractivity contribution in [3.05, 3.63) is 29.8 Å². The molecular formula is C13H22N2. The van der Waals surface area contributed by atoms with Crippen molar-refractivity contribution in [2.45, 2.75) is 26.7 Å². The average Bonchev–Trinajstić information content (AvgIpc) is 2.17. The fraction of sp³-hybridized carbons (Fsp3) is 0.538. The summed E-state index contributed by atoms with van der Waals surface area (Å²) in [7, 11) is 0. The Hall–Kier alpha value is -1.02. The number of hydrogen-bond donors (Lipinski definition) is 2. The fourth-order valence-electron chi connectivity index (χ4n) is 1.50. The molecule has 1 aromatic rings. The number of nitrogens with one attached hydrogen (secondary N) is 1. The van der Waals surface area contributed by atoms with Crippen LogP contribution in [0.1, 0.15) is 25.8 Å². The Morgan fingerprint density at radius 1 is 1.27 bits per heavy atom. The lowest BCUT2D eigenvalue weighted by atomic mass is 10.1. The van der Waals surface area contributed by atoms with E-state index >= 15 is 0 Å². The standard InChI is InChI=1S/C13H22N2/c1-11(2)6-8-15-9-7-12-4-3-5-13(14)10-12/h3-5,10-11,15H,6-9,14H2,1-2H3. The number of hydrogen-bond acceptors (Lipinski definition) is 2. The Bertz CT molecular complexity index is 282. The molecule has 0 saturated heterocycles. The van der Waals surface area contributed by atoms with E-state index in [0.717, 1.165) is 31.1 Å². The van der Waals surface area contributed by atoms with Crippen molar-refractivity contribution in [1.82, 2.24) is 5.32 Å². The van der Waals surface area contributed by atoms with Crippen molar-refractivity contribution in [3.8, 4) is 0 Å². The summed E-state index contributed by atoms with van der Waals surface area (Å²) in [6, 6.07) is 8.11. The van der Waals surface area contributed by atoms with Gasteiger partial charge in [0.15, 0.2) is 0 Å². The maximum absolute atomic E-state index is 5.71. The van der Waals surface area contributed by atoms with Crippen molar-refractivity contribution in [2.75, 3.05) is 18.8 Å². The summed E-state index contributed by atoms with van der Waals surface area (Å²) in [5, 5.41) is 3.44. The van der Waals surface area contributed by atoms with Crippen molar-refractivity contribution >= 4 is 5.69 Å². The van der Waals surface area contributed by atoms with Gasteiger partial charge >= 0.3 is 0 Å². The topological polar surface area (TPSA) is 38.0 Å². The Morgan fingerprint density at radius 3 is 2.73 bits per heavy atom. The second-order valence-electron chi connectivity index (χ2n) is 4.43. The van der Waals surface area contributed by atoms with Crippen LogP contribution in [0.3, 0.4) is 0 Å². The maximum Gasteiger partial charge on any atom is 0.0316 e. The van der Waals surface area contributed by atoms with E-state index in [1.807, 2.05) is 18.2 Å². The van der Waals surface area contributed by atoms with E-state index in [-0.39, 0.29) is 0 Å². The van der Waals surface area contributed by atoms with Crippen LogP contribution in [-0.4, -0.2) is 13.1 Å². The molecule has 2 heteroatoms. The van der Waals surface area contributed by atoms with E-state index in [1.54, 1.807) is 0 Å². The van der Waals surface area contributed by atoms with Gasteiger partial charge in [-0.2, -0.15) is 0 Å². The van der Waals surface area contributed by atoms with Crippen LogP contribution in [0.2, 0.25) is 0 Å². The molecule has 3 N–H and O–H groups in total. The van der Waals surface area contributed by atoms with Crippen LogP contribution in [0.15, 0.2) is 24.3 Å². The van der Waals surface area contributed by atoms with Crippen LogP contribution in [0.25, 0.3) is 0 Å². The van der Waals surface area contributed by atoms with Gasteiger partial charge in [0.25, 0.3) is 0 Å². The highest BCUT2D eigenvalue weighted by Crippen LogP contribution is 2.06. The Morgan fingerprint density at radius 2 is 2.07 bits per heavy atom. The second kappa shape index (κ2) is 6.46. The quantitative estimate of drug-likeness (QED) is 0.554. The summed E-state index contributed by atoms with van der Waals surface area (Å²) in [5.74, 6) is 0.782. The van der Waals surface area contributed by atoms with E-state index in [0.29, 0.717) is 0 Å². The smallest absolute Gasteiger partial charge is 0.0316 e. The highest BCUT2D eigenvalue weighted by molar-refractivity contribution is 5.40. The number of anilines is 1. The molecule has 1 rings (SSSR count). The van der Waals surface area contributed by atoms with E-state index in [1.165, 1.54) is 12.0 Å². The summed E-state index contributed by atoms with van der Waals surface area (Å²) in [5.41, 5.74) is 7.88. The molecule has 0 fully saturated rings. The van der Waals surface area contributed by atoms with Crippen LogP contribution >= 0.6 is 0 Å². The first-order valence-electron chi connectivity index (χ1n) is 5.73. The van der Waals surface area contributed by atoms with E-state index < -0.39 is 0 Å². The molecule has 84 valence electrons. The molecule has 0 atom stereocenters. The minimum atomic E-state index is 0.782. The monoisotopic (exact) mass is 206 g/mol. The lowest BCUT2D eigenvalue weighted by molar-refractivity contribution is 0.539. The molecule has 0 aromatic heterocycles. The predicted octanol–water partition coefficient (Wildman–Crippen LogP) is 2.45. The molecule has 0 radical (unpaired) electrons. The summed E-state index contributed by atoms with van der Waals surface area (Å²) in [6.07, 6.45) is 2.31. The zero-order valence-electron chi connectivity index (χ0n) is 9.79. The summed E-state index contributed by atoms with van der Waals surface area (Å²) in [4.78, 5) is 0. The molecule has 0 spiro atoms. The highest BCUT2D eigenvalue weighted by Gasteiger charge is 1.95. The number of nitrogens with two attached hydrogens (primary N) is 1. The van der Waals surface area contributed by atoms with Gasteiger partial charge in [-0.15, -0.1) is 0 Å². The second-order valence-corrected chi connectivity index (χ2v) is 4.43. The van der Waals surface area contributed by atoms with Gasteiger partial charge in [-0.25, -0.2) is 0 Å². The number of nitrogen functional groups attached to an aromatic ring is 1. The van der Waals surface area contributed by atoms with Crippen molar-refractivity contribution in [2.24, 2.45) is 5.92 Å². The van der Waals surface area contributed by atoms with Gasteiger partial charge in [-0.1, -0.05) is 26.0 Å². The van der Waals surface area contributed by atoms with Gasteiger partial charge in [0, 0.05) is 5.69 Å². The van der Waals surface area contributed by atoms with Gasteiger partial charge in [0.2, 0.25) is 0 Å². The van der Waals surface area contributed by atoms with Crippen LogP contribution in [0.5, 0.6) is 0 Å². The highest BCUT2D eigenvalue weighted by atomic mass is 14.8. The fourth-order valence-corrected chi connectivity index (χ4v) is 1.50. The van der Waals surface area contributed by atoms with Crippen molar-refractivity contribution in [3.63, 3.8) is 0 Å². The molecular weight excluding hydrogens is 184 g/mol. The lowest BCUT2D eigenvalue weighted by Gasteiger charge is -2.07. The third-order valence-electron chi connectivity index (χ3n) is 2.44. The Balaban J connectivity index is 2.15. The molecule has 1 aromatic carbocycles. The minimum Gasteiger partial charge on any atom is -0.399 e. The third-order valence-corrected chi connectivity index (χ3v) is 2.44. The Kier molecular flexibility index (Phi) is 5.19. The predicted molar refractivity (Wildman–Crippen MR) is 66.9 cm³/mol. The molecule has 0 aliphatic rings. The van der Waals surface area contributed by atoms with Gasteiger partial charge in [0.1, 0.15) is 0 Å². The normalized spacial score (nSPS) is 10.9. The van der Waals surface area contributed by atoms with Crippen LogP contribution < -0.4 is 11.1 Å². The average molecular weight is 206 g/mol. The van der Waals surface area contributed by atoms with Crippen LogP contribution in [-0.2, 0) is 6.42 Å². The van der Waals surface area contributed by atoms with E-state index in [2.05, 4.69) is 25.2 Å². The van der Waals surface area contributed by atoms with E-state index in [9.17, 15) is 0 Å². The van der Waals surface area contributed by atoms with Gasteiger partial charge in [-0.05, 0) is 49.5 Å². The molecule has 0 saturated carbocycles. The molecule has 0 aliphatic carbocycles. The molecule has 0 bridgehead atoms. The molecule has 0 aliphatic heterocycles. The van der Waals surface area contributed by atoms with Crippen LogP contribution in [0.4, 0.5) is 5.69 Å².